The van der Waals surface area contributed by atoms with Crippen molar-refractivity contribution in [3.8, 4) is 11.3 Å². The normalized spacial score (nSPS) is 10.8. The van der Waals surface area contributed by atoms with Crippen LogP contribution < -0.4 is 0 Å². The highest BCUT2D eigenvalue weighted by atomic mass is 19.1. The standard InChI is InChI=1S/C12H8FN3/c13-10-2-1-8-5-9(7-14-12(8)6-10)11-3-4-15-16-11/h1-7H,(H,15,16). The van der Waals surface area contributed by atoms with Crippen LogP contribution in [0.3, 0.4) is 0 Å². The second kappa shape index (κ2) is 3.41. The molecule has 0 fully saturated rings. The number of nitrogens with one attached hydrogen (secondary N) is 1. The van der Waals surface area contributed by atoms with Gasteiger partial charge in [0.05, 0.1) is 11.2 Å². The van der Waals surface area contributed by atoms with E-state index in [9.17, 15) is 4.39 Å². The minimum Gasteiger partial charge on any atom is -0.278 e. The highest BCUT2D eigenvalue weighted by Crippen LogP contribution is 2.21. The summed E-state index contributed by atoms with van der Waals surface area (Å²) in [6.45, 7) is 0. The molecule has 3 aromatic rings. The molecule has 0 saturated heterocycles. The van der Waals surface area contributed by atoms with E-state index in [0.29, 0.717) is 5.52 Å². The van der Waals surface area contributed by atoms with Gasteiger partial charge in [-0.3, -0.25) is 10.1 Å². The maximum Gasteiger partial charge on any atom is 0.125 e. The van der Waals surface area contributed by atoms with Crippen molar-refractivity contribution in [1.82, 2.24) is 15.2 Å². The molecule has 0 bridgehead atoms. The number of rotatable bonds is 1. The molecule has 78 valence electrons. The fourth-order valence-electron chi connectivity index (χ4n) is 1.66. The van der Waals surface area contributed by atoms with Gasteiger partial charge in [-0.15, -0.1) is 0 Å². The third-order valence-electron chi connectivity index (χ3n) is 2.46. The Morgan fingerprint density at radius 1 is 1.12 bits per heavy atom. The van der Waals surface area contributed by atoms with Crippen molar-refractivity contribution in [2.75, 3.05) is 0 Å². The average Bonchev–Trinajstić information content (AvgIpc) is 2.82. The number of aromatic nitrogens is 3. The van der Waals surface area contributed by atoms with E-state index in [1.807, 2.05) is 12.1 Å². The van der Waals surface area contributed by atoms with E-state index in [-0.39, 0.29) is 5.82 Å². The van der Waals surface area contributed by atoms with Crippen molar-refractivity contribution in [3.63, 3.8) is 0 Å². The average molecular weight is 213 g/mol. The summed E-state index contributed by atoms with van der Waals surface area (Å²) >= 11 is 0. The molecule has 0 atom stereocenters. The summed E-state index contributed by atoms with van der Waals surface area (Å²) in [6, 6.07) is 8.39. The molecule has 0 aliphatic heterocycles. The fourth-order valence-corrected chi connectivity index (χ4v) is 1.66. The van der Waals surface area contributed by atoms with Crippen molar-refractivity contribution in [3.05, 3.63) is 48.5 Å². The zero-order chi connectivity index (χ0) is 11.0. The molecule has 0 spiro atoms. The van der Waals surface area contributed by atoms with Crippen LogP contribution in [-0.4, -0.2) is 15.2 Å². The van der Waals surface area contributed by atoms with Gasteiger partial charge in [0.2, 0.25) is 0 Å². The molecule has 2 heterocycles. The van der Waals surface area contributed by atoms with Gasteiger partial charge in [0.15, 0.2) is 0 Å². The highest BCUT2D eigenvalue weighted by Gasteiger charge is 2.02. The Balaban J connectivity index is 2.20. The Kier molecular flexibility index (Phi) is 1.93. The van der Waals surface area contributed by atoms with Gasteiger partial charge in [0.1, 0.15) is 5.82 Å². The third kappa shape index (κ3) is 1.44. The van der Waals surface area contributed by atoms with E-state index in [1.165, 1.54) is 12.1 Å². The van der Waals surface area contributed by atoms with Crippen molar-refractivity contribution < 1.29 is 4.39 Å². The maximum atomic E-state index is 13.0. The van der Waals surface area contributed by atoms with Crippen molar-refractivity contribution in [2.24, 2.45) is 0 Å². The number of hydrogen-bond acceptors (Lipinski definition) is 2. The van der Waals surface area contributed by atoms with Gasteiger partial charge in [-0.05, 0) is 24.3 Å². The van der Waals surface area contributed by atoms with Crippen molar-refractivity contribution in [1.29, 1.82) is 0 Å². The molecule has 0 aliphatic carbocycles. The Morgan fingerprint density at radius 2 is 2.06 bits per heavy atom. The van der Waals surface area contributed by atoms with E-state index in [1.54, 1.807) is 18.5 Å². The highest BCUT2D eigenvalue weighted by molar-refractivity contribution is 5.82. The first-order chi connectivity index (χ1) is 7.83. The molecule has 1 aromatic carbocycles. The van der Waals surface area contributed by atoms with Crippen molar-refractivity contribution in [2.45, 2.75) is 0 Å². The van der Waals surface area contributed by atoms with Crippen LogP contribution in [0.15, 0.2) is 42.7 Å². The number of nitrogens with zero attached hydrogens (tertiary/aromatic N) is 2. The lowest BCUT2D eigenvalue weighted by atomic mass is 10.1. The Bertz CT molecular complexity index is 632. The van der Waals surface area contributed by atoms with Crippen LogP contribution in [0.25, 0.3) is 22.2 Å². The molecular weight excluding hydrogens is 205 g/mol. The van der Waals surface area contributed by atoms with Crippen LogP contribution in [0.5, 0.6) is 0 Å². The van der Waals surface area contributed by atoms with E-state index in [4.69, 9.17) is 0 Å². The lowest BCUT2D eigenvalue weighted by Gasteiger charge is -2.00. The zero-order valence-corrected chi connectivity index (χ0v) is 8.31. The first kappa shape index (κ1) is 9.03. The summed E-state index contributed by atoms with van der Waals surface area (Å²) in [6.07, 6.45) is 3.39. The Labute approximate surface area is 91.0 Å². The molecule has 0 unspecified atom stereocenters. The van der Waals surface area contributed by atoms with E-state index in [0.717, 1.165) is 16.6 Å². The SMILES string of the molecule is Fc1ccc2cc(-c3ccn[nH]3)cnc2c1. The minimum atomic E-state index is -0.269. The molecular formula is C12H8FN3. The third-order valence-corrected chi connectivity index (χ3v) is 2.46. The first-order valence-corrected chi connectivity index (χ1v) is 4.88. The summed E-state index contributed by atoms with van der Waals surface area (Å²) in [5, 5.41) is 7.66. The van der Waals surface area contributed by atoms with Gasteiger partial charge in [-0.2, -0.15) is 5.10 Å². The van der Waals surface area contributed by atoms with Crippen LogP contribution in [0.1, 0.15) is 0 Å². The lowest BCUT2D eigenvalue weighted by molar-refractivity contribution is 0.629. The van der Waals surface area contributed by atoms with Crippen molar-refractivity contribution >= 4 is 10.9 Å². The van der Waals surface area contributed by atoms with Crippen LogP contribution >= 0.6 is 0 Å². The van der Waals surface area contributed by atoms with E-state index in [2.05, 4.69) is 15.2 Å². The largest absolute Gasteiger partial charge is 0.278 e. The molecule has 2 aromatic heterocycles. The minimum absolute atomic E-state index is 0.269. The molecule has 4 heteroatoms. The molecule has 0 saturated carbocycles. The molecule has 0 radical (unpaired) electrons. The zero-order valence-electron chi connectivity index (χ0n) is 8.31. The van der Waals surface area contributed by atoms with Gasteiger partial charge >= 0.3 is 0 Å². The monoisotopic (exact) mass is 213 g/mol. The molecule has 1 N–H and O–H groups in total. The van der Waals surface area contributed by atoms with E-state index < -0.39 is 0 Å². The van der Waals surface area contributed by atoms with Gasteiger partial charge < -0.3 is 0 Å². The first-order valence-electron chi connectivity index (χ1n) is 4.88. The number of halogens is 1. The predicted molar refractivity (Wildman–Crippen MR) is 59.3 cm³/mol. The number of fused-ring (bicyclic) bond motifs is 1. The lowest BCUT2D eigenvalue weighted by Crippen LogP contribution is -1.84. The second-order valence-electron chi connectivity index (χ2n) is 3.53. The second-order valence-corrected chi connectivity index (χ2v) is 3.53. The number of benzene rings is 1. The quantitative estimate of drug-likeness (QED) is 0.675. The van der Waals surface area contributed by atoms with Gasteiger partial charge in [-0.25, -0.2) is 4.39 Å². The molecule has 16 heavy (non-hydrogen) atoms. The Hall–Kier alpha value is -2.23. The van der Waals surface area contributed by atoms with Crippen LogP contribution in [0, 0.1) is 5.82 Å². The number of H-pyrrole nitrogens is 1. The van der Waals surface area contributed by atoms with Gasteiger partial charge in [0.25, 0.3) is 0 Å². The maximum absolute atomic E-state index is 13.0. The summed E-state index contributed by atoms with van der Waals surface area (Å²) in [4.78, 5) is 4.21. The number of pyridine rings is 1. The van der Waals surface area contributed by atoms with Crippen LogP contribution in [0.4, 0.5) is 4.39 Å². The van der Waals surface area contributed by atoms with E-state index >= 15 is 0 Å². The topological polar surface area (TPSA) is 41.6 Å². The summed E-state index contributed by atoms with van der Waals surface area (Å²) in [5.41, 5.74) is 2.50. The molecule has 0 amide bonds. The Morgan fingerprint density at radius 3 is 2.88 bits per heavy atom. The molecule has 0 aliphatic rings. The summed E-state index contributed by atoms with van der Waals surface area (Å²) < 4.78 is 13.0. The summed E-state index contributed by atoms with van der Waals surface area (Å²) in [5.74, 6) is -0.269. The number of hydrogen-bond donors (Lipinski definition) is 1. The van der Waals surface area contributed by atoms with Gasteiger partial charge in [0, 0.05) is 29.4 Å². The van der Waals surface area contributed by atoms with Crippen LogP contribution in [-0.2, 0) is 0 Å². The van der Waals surface area contributed by atoms with Crippen LogP contribution in [0.2, 0.25) is 0 Å². The smallest absolute Gasteiger partial charge is 0.125 e. The van der Waals surface area contributed by atoms with Gasteiger partial charge in [-0.1, -0.05) is 0 Å². The predicted octanol–water partition coefficient (Wildman–Crippen LogP) is 2.76. The molecule has 3 nitrogen and oxygen atoms in total. The fraction of sp³-hybridized carbons (Fsp3) is 0. The molecule has 3 rings (SSSR count). The summed E-state index contributed by atoms with van der Waals surface area (Å²) in [7, 11) is 0. The number of aromatic amines is 1.